The van der Waals surface area contributed by atoms with Gasteiger partial charge in [0, 0.05) is 38.1 Å². The van der Waals surface area contributed by atoms with Gasteiger partial charge in [-0.2, -0.15) is 4.98 Å². The third kappa shape index (κ3) is 3.45. The SMILES string of the molecule is Cc1cc(C(=O)N(C)[C@@H]2CCCN(c3ccccn3)C2)nc(=O)[nH]1. The number of piperidine rings is 1. The lowest BCUT2D eigenvalue weighted by molar-refractivity contribution is 0.0710. The van der Waals surface area contributed by atoms with E-state index < -0.39 is 5.69 Å². The first-order chi connectivity index (χ1) is 11.5. The van der Waals surface area contributed by atoms with Crippen molar-refractivity contribution in [1.29, 1.82) is 0 Å². The highest BCUT2D eigenvalue weighted by Gasteiger charge is 2.28. The zero-order valence-corrected chi connectivity index (χ0v) is 13.9. The quantitative estimate of drug-likeness (QED) is 0.916. The molecule has 1 aliphatic rings. The van der Waals surface area contributed by atoms with Crippen LogP contribution in [-0.4, -0.2) is 51.9 Å². The van der Waals surface area contributed by atoms with E-state index in [2.05, 4.69) is 19.9 Å². The fourth-order valence-corrected chi connectivity index (χ4v) is 3.06. The number of carbonyl (C=O) groups is 1. The standard InChI is InChI=1S/C17H21N5O2/c1-12-10-14(20-17(24)19-12)16(23)21(2)13-6-5-9-22(11-13)15-7-3-4-8-18-15/h3-4,7-8,10,13H,5-6,9,11H2,1-2H3,(H,19,20,24)/t13-/m1/s1. The van der Waals surface area contributed by atoms with Crippen molar-refractivity contribution in [2.45, 2.75) is 25.8 Å². The second-order valence-corrected chi connectivity index (χ2v) is 6.10. The van der Waals surface area contributed by atoms with Crippen molar-refractivity contribution in [2.24, 2.45) is 0 Å². The highest BCUT2D eigenvalue weighted by molar-refractivity contribution is 5.92. The fourth-order valence-electron chi connectivity index (χ4n) is 3.06. The van der Waals surface area contributed by atoms with Gasteiger partial charge in [-0.3, -0.25) is 4.79 Å². The summed E-state index contributed by atoms with van der Waals surface area (Å²) in [5, 5.41) is 0. The summed E-state index contributed by atoms with van der Waals surface area (Å²) in [5.74, 6) is 0.699. The van der Waals surface area contributed by atoms with E-state index in [9.17, 15) is 9.59 Å². The number of aryl methyl sites for hydroxylation is 1. The van der Waals surface area contributed by atoms with Crippen molar-refractivity contribution < 1.29 is 4.79 Å². The minimum atomic E-state index is -0.495. The molecule has 7 heteroatoms. The van der Waals surface area contributed by atoms with Crippen molar-refractivity contribution in [3.8, 4) is 0 Å². The number of nitrogens with one attached hydrogen (secondary N) is 1. The Balaban J connectivity index is 1.75. The average Bonchev–Trinajstić information content (AvgIpc) is 2.60. The van der Waals surface area contributed by atoms with Gasteiger partial charge >= 0.3 is 5.69 Å². The Hall–Kier alpha value is -2.70. The van der Waals surface area contributed by atoms with Crippen LogP contribution >= 0.6 is 0 Å². The van der Waals surface area contributed by atoms with Crippen LogP contribution in [0.4, 0.5) is 5.82 Å². The number of aromatic nitrogens is 3. The number of likely N-dealkylation sites (N-methyl/N-ethyl adjacent to an activating group) is 1. The molecule has 0 saturated carbocycles. The highest BCUT2D eigenvalue weighted by Crippen LogP contribution is 2.20. The van der Waals surface area contributed by atoms with Crippen LogP contribution in [0, 0.1) is 6.92 Å². The molecule has 1 N–H and O–H groups in total. The van der Waals surface area contributed by atoms with E-state index in [0.29, 0.717) is 5.69 Å². The Bertz CT molecular complexity index is 774. The van der Waals surface area contributed by atoms with Crippen LogP contribution in [0.1, 0.15) is 29.0 Å². The normalized spacial score (nSPS) is 17.6. The second-order valence-electron chi connectivity index (χ2n) is 6.10. The largest absolute Gasteiger partial charge is 0.355 e. The molecule has 0 aromatic carbocycles. The maximum atomic E-state index is 12.7. The summed E-state index contributed by atoms with van der Waals surface area (Å²) in [6.45, 7) is 3.39. The molecule has 1 atom stereocenters. The van der Waals surface area contributed by atoms with Gasteiger partial charge in [-0.25, -0.2) is 9.78 Å². The maximum absolute atomic E-state index is 12.7. The van der Waals surface area contributed by atoms with Gasteiger partial charge in [-0.1, -0.05) is 6.07 Å². The van der Waals surface area contributed by atoms with Gasteiger partial charge in [-0.05, 0) is 38.0 Å². The van der Waals surface area contributed by atoms with Gasteiger partial charge in [-0.15, -0.1) is 0 Å². The molecule has 7 nitrogen and oxygen atoms in total. The molecular weight excluding hydrogens is 306 g/mol. The van der Waals surface area contributed by atoms with Crippen molar-refractivity contribution in [1.82, 2.24) is 19.9 Å². The summed E-state index contributed by atoms with van der Waals surface area (Å²) in [6, 6.07) is 7.51. The van der Waals surface area contributed by atoms with Gasteiger partial charge in [0.1, 0.15) is 11.5 Å². The Labute approximate surface area is 140 Å². The summed E-state index contributed by atoms with van der Waals surface area (Å²) in [7, 11) is 1.77. The molecule has 126 valence electrons. The van der Waals surface area contributed by atoms with Crippen LogP contribution in [0.5, 0.6) is 0 Å². The molecule has 24 heavy (non-hydrogen) atoms. The summed E-state index contributed by atoms with van der Waals surface area (Å²) in [5.41, 5.74) is 0.324. The number of pyridine rings is 1. The number of hydrogen-bond donors (Lipinski definition) is 1. The minimum absolute atomic E-state index is 0.0645. The van der Waals surface area contributed by atoms with E-state index in [4.69, 9.17) is 0 Å². The van der Waals surface area contributed by atoms with Crippen molar-refractivity contribution in [3.63, 3.8) is 0 Å². The van der Waals surface area contributed by atoms with Gasteiger partial charge in [0.25, 0.3) is 5.91 Å². The first-order valence-electron chi connectivity index (χ1n) is 8.05. The van der Waals surface area contributed by atoms with E-state index in [1.165, 1.54) is 0 Å². The Morgan fingerprint density at radius 1 is 1.42 bits per heavy atom. The topological polar surface area (TPSA) is 82.2 Å². The number of rotatable bonds is 3. The van der Waals surface area contributed by atoms with E-state index in [-0.39, 0.29) is 17.6 Å². The number of hydrogen-bond acceptors (Lipinski definition) is 5. The van der Waals surface area contributed by atoms with E-state index in [0.717, 1.165) is 31.7 Å². The van der Waals surface area contributed by atoms with Crippen LogP contribution < -0.4 is 10.6 Å². The van der Waals surface area contributed by atoms with E-state index in [1.807, 2.05) is 18.2 Å². The predicted octanol–water partition coefficient (Wildman–Crippen LogP) is 1.21. The van der Waals surface area contributed by atoms with E-state index in [1.54, 1.807) is 31.1 Å². The van der Waals surface area contributed by atoms with Gasteiger partial charge < -0.3 is 14.8 Å². The Kier molecular flexibility index (Phi) is 4.59. The van der Waals surface area contributed by atoms with Crippen LogP contribution in [0.25, 0.3) is 0 Å². The molecule has 2 aromatic rings. The second kappa shape index (κ2) is 6.82. The van der Waals surface area contributed by atoms with E-state index >= 15 is 0 Å². The molecule has 0 spiro atoms. The zero-order valence-electron chi connectivity index (χ0n) is 13.9. The van der Waals surface area contributed by atoms with Gasteiger partial charge in [0.2, 0.25) is 0 Å². The lowest BCUT2D eigenvalue weighted by Gasteiger charge is -2.38. The number of aromatic amines is 1. The first kappa shape index (κ1) is 16.2. The number of nitrogens with zero attached hydrogens (tertiary/aromatic N) is 4. The Morgan fingerprint density at radius 3 is 2.96 bits per heavy atom. The van der Waals surface area contributed by atoms with Crippen molar-refractivity contribution >= 4 is 11.7 Å². The summed E-state index contributed by atoms with van der Waals surface area (Å²) >= 11 is 0. The minimum Gasteiger partial charge on any atom is -0.355 e. The van der Waals surface area contributed by atoms with Crippen molar-refractivity contribution in [2.75, 3.05) is 25.0 Å². The molecule has 0 bridgehead atoms. The number of anilines is 1. The first-order valence-corrected chi connectivity index (χ1v) is 8.05. The van der Waals surface area contributed by atoms with Crippen LogP contribution in [0.15, 0.2) is 35.3 Å². The summed E-state index contributed by atoms with van der Waals surface area (Å²) < 4.78 is 0. The molecule has 2 aromatic heterocycles. The smallest absolute Gasteiger partial charge is 0.345 e. The molecule has 0 aliphatic carbocycles. The lowest BCUT2D eigenvalue weighted by atomic mass is 10.0. The van der Waals surface area contributed by atoms with Crippen molar-refractivity contribution in [3.05, 3.63) is 52.3 Å². The monoisotopic (exact) mass is 327 g/mol. The lowest BCUT2D eigenvalue weighted by Crippen LogP contribution is -2.49. The van der Waals surface area contributed by atoms with Gasteiger partial charge in [0.05, 0.1) is 0 Å². The summed E-state index contributed by atoms with van der Waals surface area (Å²) in [6.07, 6.45) is 3.69. The molecule has 1 fully saturated rings. The molecule has 1 aliphatic heterocycles. The average molecular weight is 327 g/mol. The van der Waals surface area contributed by atoms with Crippen LogP contribution in [-0.2, 0) is 0 Å². The highest BCUT2D eigenvalue weighted by atomic mass is 16.2. The third-order valence-corrected chi connectivity index (χ3v) is 4.34. The van der Waals surface area contributed by atoms with Gasteiger partial charge in [0.15, 0.2) is 0 Å². The number of amides is 1. The molecule has 3 heterocycles. The molecule has 0 radical (unpaired) electrons. The molecule has 1 saturated heterocycles. The molecular formula is C17H21N5O2. The molecule has 0 unspecified atom stereocenters. The Morgan fingerprint density at radius 2 is 2.25 bits per heavy atom. The van der Waals surface area contributed by atoms with Crippen LogP contribution in [0.2, 0.25) is 0 Å². The summed E-state index contributed by atoms with van der Waals surface area (Å²) in [4.78, 5) is 38.8. The number of H-pyrrole nitrogens is 1. The third-order valence-electron chi connectivity index (χ3n) is 4.34. The number of carbonyl (C=O) groups excluding carboxylic acids is 1. The molecule has 3 rings (SSSR count). The maximum Gasteiger partial charge on any atom is 0.345 e. The molecule has 1 amide bonds. The zero-order chi connectivity index (χ0) is 17.1. The fraction of sp³-hybridized carbons (Fsp3) is 0.412. The van der Waals surface area contributed by atoms with Crippen LogP contribution in [0.3, 0.4) is 0 Å². The predicted molar refractivity (Wildman–Crippen MR) is 91.2 cm³/mol.